The quantitative estimate of drug-likeness (QED) is 0.493. The van der Waals surface area contributed by atoms with Crippen LogP contribution in [0, 0.1) is 0 Å². The van der Waals surface area contributed by atoms with Crippen molar-refractivity contribution in [3.63, 3.8) is 0 Å². The zero-order valence-corrected chi connectivity index (χ0v) is 6.46. The summed E-state index contributed by atoms with van der Waals surface area (Å²) in [6.45, 7) is 0.616. The van der Waals surface area contributed by atoms with Crippen LogP contribution in [0.2, 0.25) is 8.94 Å². The van der Waals surface area contributed by atoms with Crippen molar-refractivity contribution in [3.05, 3.63) is 0 Å². The number of rotatable bonds is 4. The van der Waals surface area contributed by atoms with Gasteiger partial charge >= 0.3 is 53.3 Å². The van der Waals surface area contributed by atoms with Crippen LogP contribution in [-0.2, 0) is 0 Å². The zero-order chi connectivity index (χ0) is 5.54. The van der Waals surface area contributed by atoms with Gasteiger partial charge in [0.2, 0.25) is 0 Å². The predicted octanol–water partition coefficient (Wildman–Crippen LogP) is -0.488. The summed E-state index contributed by atoms with van der Waals surface area (Å²) < 4.78 is 1.90. The second-order valence-electron chi connectivity index (χ2n) is 1.06. The van der Waals surface area contributed by atoms with Gasteiger partial charge in [-0.1, -0.05) is 0 Å². The topological polar surface area (TPSA) is 40.5 Å². The summed E-state index contributed by atoms with van der Waals surface area (Å²) in [6.07, 6.45) is 0. The Kier molecular flexibility index (Phi) is 7.39. The molecule has 0 aliphatic carbocycles. The van der Waals surface area contributed by atoms with Crippen LogP contribution >= 0.6 is 0 Å². The van der Waals surface area contributed by atoms with Gasteiger partial charge in [-0.05, 0) is 0 Å². The Hall–Kier alpha value is 0.710. The monoisotopic (exact) mass is 220 g/mol. The molecular weight excluding hydrogens is 208 g/mol. The van der Waals surface area contributed by atoms with Crippen LogP contribution in [-0.4, -0.2) is 44.3 Å². The van der Waals surface area contributed by atoms with Crippen molar-refractivity contribution in [3.8, 4) is 0 Å². The van der Waals surface area contributed by atoms with E-state index in [9.17, 15) is 0 Å². The summed E-state index contributed by atoms with van der Waals surface area (Å²) in [6, 6.07) is 0. The van der Waals surface area contributed by atoms with E-state index in [2.05, 4.69) is 0 Å². The molecular formula is C4H10O2Te. The first kappa shape index (κ1) is 7.71. The Morgan fingerprint density at radius 1 is 1.00 bits per heavy atom. The fourth-order valence-corrected chi connectivity index (χ4v) is 1.55. The van der Waals surface area contributed by atoms with Crippen molar-refractivity contribution in [2.75, 3.05) is 13.2 Å². The maximum atomic E-state index is 8.24. The van der Waals surface area contributed by atoms with Crippen molar-refractivity contribution in [2.45, 2.75) is 8.94 Å². The molecule has 7 heavy (non-hydrogen) atoms. The van der Waals surface area contributed by atoms with E-state index in [1.807, 2.05) is 0 Å². The van der Waals surface area contributed by atoms with Gasteiger partial charge in [-0.25, -0.2) is 0 Å². The van der Waals surface area contributed by atoms with Crippen molar-refractivity contribution in [1.82, 2.24) is 0 Å². The van der Waals surface area contributed by atoms with Crippen LogP contribution in [0.4, 0.5) is 0 Å². The van der Waals surface area contributed by atoms with E-state index < -0.39 is 0 Å². The van der Waals surface area contributed by atoms with Crippen LogP contribution in [0.1, 0.15) is 0 Å². The molecule has 0 amide bonds. The fourth-order valence-electron chi connectivity index (χ4n) is 0.231. The molecule has 0 bridgehead atoms. The molecule has 0 spiro atoms. The van der Waals surface area contributed by atoms with Gasteiger partial charge < -0.3 is 0 Å². The van der Waals surface area contributed by atoms with E-state index in [0.29, 0.717) is 13.2 Å². The van der Waals surface area contributed by atoms with E-state index in [0.717, 1.165) is 8.94 Å². The summed E-state index contributed by atoms with van der Waals surface area (Å²) in [7, 11) is 0. The molecule has 0 rings (SSSR count). The average Bonchev–Trinajstić information content (AvgIpc) is 1.69. The van der Waals surface area contributed by atoms with Crippen LogP contribution in [0.25, 0.3) is 0 Å². The minimum atomic E-state index is -0.0231. The molecule has 0 heterocycles. The summed E-state index contributed by atoms with van der Waals surface area (Å²) in [5.41, 5.74) is 0. The molecule has 2 N–H and O–H groups in total. The van der Waals surface area contributed by atoms with Crippen molar-refractivity contribution >= 4 is 20.9 Å². The molecule has 0 atom stereocenters. The van der Waals surface area contributed by atoms with E-state index in [1.54, 1.807) is 0 Å². The van der Waals surface area contributed by atoms with E-state index in [4.69, 9.17) is 10.2 Å². The van der Waals surface area contributed by atoms with Gasteiger partial charge in [-0.2, -0.15) is 0 Å². The van der Waals surface area contributed by atoms with Gasteiger partial charge in [0.1, 0.15) is 0 Å². The Morgan fingerprint density at radius 2 is 1.43 bits per heavy atom. The van der Waals surface area contributed by atoms with E-state index in [-0.39, 0.29) is 20.9 Å². The van der Waals surface area contributed by atoms with Gasteiger partial charge in [0.25, 0.3) is 0 Å². The van der Waals surface area contributed by atoms with E-state index >= 15 is 0 Å². The normalized spacial score (nSPS) is 9.43. The number of aliphatic hydroxyl groups excluding tert-OH is 2. The molecule has 0 aromatic rings. The van der Waals surface area contributed by atoms with Gasteiger partial charge in [0.05, 0.1) is 0 Å². The Morgan fingerprint density at radius 3 is 1.71 bits per heavy atom. The molecule has 0 aromatic heterocycles. The Bertz CT molecular complexity index is 28.9. The second kappa shape index (κ2) is 6.71. The molecule has 2 nitrogen and oxygen atoms in total. The Labute approximate surface area is 53.6 Å². The van der Waals surface area contributed by atoms with Crippen LogP contribution in [0.3, 0.4) is 0 Å². The van der Waals surface area contributed by atoms with E-state index in [1.165, 1.54) is 0 Å². The molecule has 0 radical (unpaired) electrons. The van der Waals surface area contributed by atoms with Gasteiger partial charge in [0, 0.05) is 0 Å². The van der Waals surface area contributed by atoms with Crippen LogP contribution < -0.4 is 0 Å². The first-order valence-corrected chi connectivity index (χ1v) is 5.51. The molecule has 0 fully saturated rings. The number of aliphatic hydroxyl groups is 2. The van der Waals surface area contributed by atoms with Gasteiger partial charge in [0.15, 0.2) is 0 Å². The van der Waals surface area contributed by atoms with Crippen molar-refractivity contribution < 1.29 is 10.2 Å². The predicted molar refractivity (Wildman–Crippen MR) is 29.5 cm³/mol. The second-order valence-corrected chi connectivity index (χ2v) is 4.56. The molecule has 0 aromatic carbocycles. The third-order valence-corrected chi connectivity index (χ3v) is 3.16. The third kappa shape index (κ3) is 6.71. The summed E-state index contributed by atoms with van der Waals surface area (Å²) in [5.74, 6) is 0. The molecule has 44 valence electrons. The molecule has 0 saturated carbocycles. The standard InChI is InChI=1S/C4H10O2Te/c5-1-3-7-4-2-6/h5-6H,1-4H2. The zero-order valence-electron chi connectivity index (χ0n) is 4.13. The van der Waals surface area contributed by atoms with Crippen molar-refractivity contribution in [2.24, 2.45) is 0 Å². The van der Waals surface area contributed by atoms with Gasteiger partial charge in [-0.15, -0.1) is 0 Å². The Balaban J connectivity index is 2.45. The fraction of sp³-hybridized carbons (Fsp3) is 1.00. The SMILES string of the molecule is OCC[Te]CCO. The first-order chi connectivity index (χ1) is 3.41. The summed E-state index contributed by atoms with van der Waals surface area (Å²) >= 11 is -0.0231. The maximum absolute atomic E-state index is 8.24. The molecule has 0 saturated heterocycles. The summed E-state index contributed by atoms with van der Waals surface area (Å²) in [5, 5.41) is 16.5. The van der Waals surface area contributed by atoms with Crippen LogP contribution in [0.5, 0.6) is 0 Å². The van der Waals surface area contributed by atoms with Gasteiger partial charge in [-0.3, -0.25) is 0 Å². The average molecular weight is 218 g/mol. The molecule has 0 unspecified atom stereocenters. The van der Waals surface area contributed by atoms with Crippen molar-refractivity contribution in [1.29, 1.82) is 0 Å². The van der Waals surface area contributed by atoms with Crippen LogP contribution in [0.15, 0.2) is 0 Å². The number of hydrogen-bond acceptors (Lipinski definition) is 2. The molecule has 0 aliphatic rings. The third-order valence-electron chi connectivity index (χ3n) is 0.471. The molecule has 3 heteroatoms. The molecule has 0 aliphatic heterocycles. The summed E-state index contributed by atoms with van der Waals surface area (Å²) in [4.78, 5) is 0. The first-order valence-electron chi connectivity index (χ1n) is 2.21. The minimum absolute atomic E-state index is 0.0231. The number of hydrogen-bond donors (Lipinski definition) is 2.